The van der Waals surface area contributed by atoms with E-state index in [4.69, 9.17) is 14.2 Å². The summed E-state index contributed by atoms with van der Waals surface area (Å²) in [5.74, 6) is 2.04. The van der Waals surface area contributed by atoms with Gasteiger partial charge in [0.25, 0.3) is 0 Å². The number of nitrogens with zero attached hydrogens (tertiary/aromatic N) is 1. The minimum atomic E-state index is -0.564. The van der Waals surface area contributed by atoms with Crippen molar-refractivity contribution in [1.82, 2.24) is 10.3 Å². The molecule has 2 aromatic rings. The molecule has 1 unspecified atom stereocenters. The molecule has 2 N–H and O–H groups in total. The first-order valence-electron chi connectivity index (χ1n) is 11.6. The number of nitrogens with one attached hydrogen (secondary N) is 2. The maximum atomic E-state index is 12.3. The molecule has 2 atom stereocenters. The van der Waals surface area contributed by atoms with Crippen LogP contribution in [0.1, 0.15) is 66.6 Å². The maximum absolute atomic E-state index is 12.3. The van der Waals surface area contributed by atoms with Crippen molar-refractivity contribution in [3.8, 4) is 22.6 Å². The van der Waals surface area contributed by atoms with Crippen LogP contribution in [-0.2, 0) is 9.53 Å². The number of pyridine rings is 1. The number of ether oxygens (including phenoxy) is 3. The average Bonchev–Trinajstić information content (AvgIpc) is 2.69. The lowest BCUT2D eigenvalue weighted by Gasteiger charge is -2.28. The predicted molar refractivity (Wildman–Crippen MR) is 131 cm³/mol. The van der Waals surface area contributed by atoms with Gasteiger partial charge in [-0.25, -0.2) is 9.78 Å². The van der Waals surface area contributed by atoms with E-state index in [9.17, 15) is 9.59 Å². The van der Waals surface area contributed by atoms with Crippen molar-refractivity contribution in [2.24, 2.45) is 5.92 Å². The van der Waals surface area contributed by atoms with E-state index in [0.717, 1.165) is 23.1 Å². The van der Waals surface area contributed by atoms with Gasteiger partial charge in [0.05, 0.1) is 6.04 Å². The molecule has 34 heavy (non-hydrogen) atoms. The zero-order valence-corrected chi connectivity index (χ0v) is 21.0. The van der Waals surface area contributed by atoms with E-state index in [1.54, 1.807) is 6.20 Å². The molecule has 2 heterocycles. The van der Waals surface area contributed by atoms with E-state index >= 15 is 0 Å². The molecule has 0 saturated heterocycles. The van der Waals surface area contributed by atoms with Gasteiger partial charge >= 0.3 is 6.09 Å². The molecule has 0 fully saturated rings. The van der Waals surface area contributed by atoms with Crippen LogP contribution in [0.2, 0.25) is 0 Å². The summed E-state index contributed by atoms with van der Waals surface area (Å²) in [6, 6.07) is 7.39. The Kier molecular flexibility index (Phi) is 7.69. The third-order valence-electron chi connectivity index (χ3n) is 5.17. The molecule has 184 valence electrons. The molecule has 8 nitrogen and oxygen atoms in total. The van der Waals surface area contributed by atoms with Gasteiger partial charge in [-0.1, -0.05) is 13.8 Å². The number of benzene rings is 1. The average molecular weight is 470 g/mol. The molecule has 2 amide bonds. The number of aromatic nitrogens is 1. The third-order valence-corrected chi connectivity index (χ3v) is 5.17. The zero-order chi connectivity index (χ0) is 25.0. The third kappa shape index (κ3) is 6.62. The fourth-order valence-electron chi connectivity index (χ4n) is 3.96. The first-order valence-corrected chi connectivity index (χ1v) is 11.6. The standard InChI is InChI=1S/C26H35N3O5/c1-15(2)12-18(29-25(31)34-26(5,6)7)14-32-19-8-9-20-21-10-11-27-24(28-17(4)30)23(21)16(3)33-22(20)13-19/h8-11,13,15-16,18H,12,14H2,1-7H3,(H,29,31)(H,27,28,30)/t16?,18-/m0/s1. The SMILES string of the molecule is CC(=O)Nc1nccc2c1C(C)Oc1cc(OC[C@H](CC(C)C)NC(=O)OC(C)(C)C)ccc1-2. The first-order chi connectivity index (χ1) is 15.9. The van der Waals surface area contributed by atoms with Crippen molar-refractivity contribution in [3.05, 3.63) is 36.0 Å². The highest BCUT2D eigenvalue weighted by atomic mass is 16.6. The van der Waals surface area contributed by atoms with Crippen LogP contribution in [0.15, 0.2) is 30.5 Å². The summed E-state index contributed by atoms with van der Waals surface area (Å²) >= 11 is 0. The summed E-state index contributed by atoms with van der Waals surface area (Å²) in [7, 11) is 0. The number of anilines is 1. The monoisotopic (exact) mass is 469 g/mol. The number of amides is 2. The Labute approximate surface area is 201 Å². The molecule has 1 aromatic carbocycles. The predicted octanol–water partition coefficient (Wildman–Crippen LogP) is 5.48. The minimum absolute atomic E-state index is 0.182. The Balaban J connectivity index is 1.76. The number of fused-ring (bicyclic) bond motifs is 3. The van der Waals surface area contributed by atoms with E-state index < -0.39 is 11.7 Å². The maximum Gasteiger partial charge on any atom is 0.407 e. The van der Waals surface area contributed by atoms with E-state index in [2.05, 4.69) is 29.5 Å². The number of alkyl carbamates (subject to hydrolysis) is 1. The van der Waals surface area contributed by atoms with E-state index in [-0.39, 0.29) is 18.1 Å². The minimum Gasteiger partial charge on any atom is -0.491 e. The Morgan fingerprint density at radius 3 is 2.56 bits per heavy atom. The summed E-state index contributed by atoms with van der Waals surface area (Å²) in [6.07, 6.45) is 1.68. The van der Waals surface area contributed by atoms with Gasteiger partial charge in [-0.2, -0.15) is 0 Å². The summed E-state index contributed by atoms with van der Waals surface area (Å²) in [5.41, 5.74) is 2.15. The van der Waals surface area contributed by atoms with Crippen LogP contribution in [0.25, 0.3) is 11.1 Å². The Morgan fingerprint density at radius 2 is 1.91 bits per heavy atom. The van der Waals surface area contributed by atoms with Crippen molar-refractivity contribution in [1.29, 1.82) is 0 Å². The zero-order valence-electron chi connectivity index (χ0n) is 21.0. The molecular weight excluding hydrogens is 434 g/mol. The van der Waals surface area contributed by atoms with E-state index in [1.807, 2.05) is 52.0 Å². The number of carbonyl (C=O) groups excluding carboxylic acids is 2. The Bertz CT molecular complexity index is 1050. The molecule has 1 aromatic heterocycles. The highest BCUT2D eigenvalue weighted by Crippen LogP contribution is 2.45. The molecule has 8 heteroatoms. The second kappa shape index (κ2) is 10.3. The molecule has 1 aliphatic rings. The van der Waals surface area contributed by atoms with Gasteiger partial charge in [0.15, 0.2) is 0 Å². The van der Waals surface area contributed by atoms with Crippen LogP contribution in [0.3, 0.4) is 0 Å². The van der Waals surface area contributed by atoms with E-state index in [1.165, 1.54) is 6.92 Å². The smallest absolute Gasteiger partial charge is 0.407 e. The molecule has 0 spiro atoms. The Hall–Kier alpha value is -3.29. The highest BCUT2D eigenvalue weighted by Gasteiger charge is 2.27. The van der Waals surface area contributed by atoms with Crippen LogP contribution >= 0.6 is 0 Å². The van der Waals surface area contributed by atoms with Crippen LogP contribution in [0.4, 0.5) is 10.6 Å². The molecule has 0 aliphatic carbocycles. The van der Waals surface area contributed by atoms with Gasteiger partial charge < -0.3 is 24.8 Å². The molecule has 0 bridgehead atoms. The van der Waals surface area contributed by atoms with Gasteiger partial charge in [-0.15, -0.1) is 0 Å². The van der Waals surface area contributed by atoms with Gasteiger partial charge in [0, 0.05) is 30.3 Å². The summed E-state index contributed by atoms with van der Waals surface area (Å²) in [4.78, 5) is 28.2. The van der Waals surface area contributed by atoms with Crippen molar-refractivity contribution < 1.29 is 23.8 Å². The fourth-order valence-corrected chi connectivity index (χ4v) is 3.96. The second-order valence-electron chi connectivity index (χ2n) is 10.0. The summed E-state index contributed by atoms with van der Waals surface area (Å²) in [5, 5.41) is 5.70. The van der Waals surface area contributed by atoms with Gasteiger partial charge in [0.1, 0.15) is 35.6 Å². The van der Waals surface area contributed by atoms with Gasteiger partial charge in [-0.05, 0) is 63.8 Å². The lowest BCUT2D eigenvalue weighted by Crippen LogP contribution is -2.42. The largest absolute Gasteiger partial charge is 0.491 e. The molecule has 3 rings (SSSR count). The summed E-state index contributed by atoms with van der Waals surface area (Å²) < 4.78 is 17.6. The van der Waals surface area contributed by atoms with Crippen molar-refractivity contribution in [2.75, 3.05) is 11.9 Å². The second-order valence-corrected chi connectivity index (χ2v) is 10.0. The molecule has 0 saturated carbocycles. The lowest BCUT2D eigenvalue weighted by atomic mass is 9.94. The number of carbonyl (C=O) groups is 2. The molecule has 1 aliphatic heterocycles. The topological polar surface area (TPSA) is 98.8 Å². The number of hydrogen-bond acceptors (Lipinski definition) is 6. The number of hydrogen-bond donors (Lipinski definition) is 2. The first kappa shape index (κ1) is 25.3. The van der Waals surface area contributed by atoms with E-state index in [0.29, 0.717) is 29.8 Å². The quantitative estimate of drug-likeness (QED) is 0.557. The van der Waals surface area contributed by atoms with Crippen LogP contribution in [0.5, 0.6) is 11.5 Å². The Morgan fingerprint density at radius 1 is 1.18 bits per heavy atom. The van der Waals surface area contributed by atoms with Crippen LogP contribution in [0, 0.1) is 5.92 Å². The van der Waals surface area contributed by atoms with Crippen LogP contribution in [-0.4, -0.2) is 35.2 Å². The fraction of sp³-hybridized carbons (Fsp3) is 0.500. The van der Waals surface area contributed by atoms with Gasteiger partial charge in [0.2, 0.25) is 5.91 Å². The molecule has 0 radical (unpaired) electrons. The van der Waals surface area contributed by atoms with Crippen molar-refractivity contribution in [2.45, 2.75) is 72.6 Å². The van der Waals surface area contributed by atoms with Crippen LogP contribution < -0.4 is 20.1 Å². The number of rotatable bonds is 7. The van der Waals surface area contributed by atoms with Crippen molar-refractivity contribution in [3.63, 3.8) is 0 Å². The van der Waals surface area contributed by atoms with Crippen molar-refractivity contribution >= 4 is 17.8 Å². The summed E-state index contributed by atoms with van der Waals surface area (Å²) in [6.45, 7) is 13.4. The van der Waals surface area contributed by atoms with Gasteiger partial charge in [-0.3, -0.25) is 4.79 Å². The highest BCUT2D eigenvalue weighted by molar-refractivity contribution is 5.91. The lowest BCUT2D eigenvalue weighted by molar-refractivity contribution is -0.114. The molecular formula is C26H35N3O5. The normalized spacial score (nSPS) is 15.5.